The summed E-state index contributed by atoms with van der Waals surface area (Å²) in [6.45, 7) is 0. The van der Waals surface area contributed by atoms with Gasteiger partial charge in [-0.15, -0.1) is 0 Å². The van der Waals surface area contributed by atoms with E-state index in [0.717, 1.165) is 0 Å². The lowest BCUT2D eigenvalue weighted by atomic mass is 10.2. The topological polar surface area (TPSA) is 99.1 Å². The van der Waals surface area contributed by atoms with E-state index in [0.29, 0.717) is 21.6 Å². The number of carboxylic acid groups (broad SMARTS) is 1. The summed E-state index contributed by atoms with van der Waals surface area (Å²) in [5.41, 5.74) is 1.05. The quantitative estimate of drug-likeness (QED) is 0.773. The molecule has 2 aromatic carbocycles. The second kappa shape index (κ2) is 8.45. The highest BCUT2D eigenvalue weighted by atomic mass is 35.5. The molecule has 0 radical (unpaired) electrons. The number of nitrogens with one attached hydrogen (secondary N) is 1. The van der Waals surface area contributed by atoms with Crippen molar-refractivity contribution in [2.45, 2.75) is 11.7 Å². The number of amidine groups is 1. The molecular weight excluding hydrogens is 402 g/mol. The maximum absolute atomic E-state index is 12.4. The highest BCUT2D eigenvalue weighted by molar-refractivity contribution is 8.15. The van der Waals surface area contributed by atoms with Crippen LogP contribution in [0.1, 0.15) is 16.8 Å². The number of carbonyl (C=O) groups excluding carboxylic acids is 2. The standard InChI is InChI=1S/C19H16ClN3O4S/c1-23-17(25)15(28-19(23)22-14-7-3-5-12(20)9-14)10-16(24)21-13-6-2-4-11(8-13)18(26)27/h2-9,15H,10H2,1H3,(H,21,24)(H,26,27). The van der Waals surface area contributed by atoms with Crippen LogP contribution in [0, 0.1) is 0 Å². The van der Waals surface area contributed by atoms with Crippen molar-refractivity contribution in [1.82, 2.24) is 4.90 Å². The lowest BCUT2D eigenvalue weighted by Gasteiger charge is -2.09. The van der Waals surface area contributed by atoms with Crippen LogP contribution in [-0.2, 0) is 9.59 Å². The highest BCUT2D eigenvalue weighted by Gasteiger charge is 2.37. The maximum Gasteiger partial charge on any atom is 0.335 e. The third kappa shape index (κ3) is 4.71. The summed E-state index contributed by atoms with van der Waals surface area (Å²) in [6.07, 6.45) is -0.0558. The number of amides is 2. The van der Waals surface area contributed by atoms with Crippen LogP contribution < -0.4 is 5.32 Å². The molecule has 0 saturated carbocycles. The van der Waals surface area contributed by atoms with E-state index in [2.05, 4.69) is 10.3 Å². The van der Waals surface area contributed by atoms with Crippen molar-refractivity contribution in [3.8, 4) is 0 Å². The molecule has 1 fully saturated rings. The zero-order chi connectivity index (χ0) is 20.3. The molecule has 0 spiro atoms. The lowest BCUT2D eigenvalue weighted by Crippen LogP contribution is -2.30. The van der Waals surface area contributed by atoms with Gasteiger partial charge in [0, 0.05) is 24.2 Å². The molecule has 7 nitrogen and oxygen atoms in total. The van der Waals surface area contributed by atoms with Gasteiger partial charge in [0.2, 0.25) is 11.8 Å². The summed E-state index contributed by atoms with van der Waals surface area (Å²) in [5.74, 6) is -1.69. The van der Waals surface area contributed by atoms with Gasteiger partial charge in [-0.05, 0) is 36.4 Å². The predicted molar refractivity (Wildman–Crippen MR) is 109 cm³/mol. The highest BCUT2D eigenvalue weighted by Crippen LogP contribution is 2.31. The van der Waals surface area contributed by atoms with Crippen LogP contribution in [-0.4, -0.2) is 45.3 Å². The molecule has 1 aliphatic heterocycles. The van der Waals surface area contributed by atoms with Crippen molar-refractivity contribution in [3.63, 3.8) is 0 Å². The van der Waals surface area contributed by atoms with Crippen molar-refractivity contribution in [3.05, 3.63) is 59.1 Å². The van der Waals surface area contributed by atoms with Crippen molar-refractivity contribution in [1.29, 1.82) is 0 Å². The van der Waals surface area contributed by atoms with Crippen LogP contribution >= 0.6 is 23.4 Å². The number of carbonyl (C=O) groups is 3. The number of halogens is 1. The number of aliphatic imine (C=N–C) groups is 1. The maximum atomic E-state index is 12.4. The largest absolute Gasteiger partial charge is 0.478 e. The summed E-state index contributed by atoms with van der Waals surface area (Å²) in [4.78, 5) is 41.6. The van der Waals surface area contributed by atoms with Gasteiger partial charge in [-0.25, -0.2) is 9.79 Å². The first-order chi connectivity index (χ1) is 13.3. The number of anilines is 1. The Bertz CT molecular complexity index is 979. The number of rotatable bonds is 5. The summed E-state index contributed by atoms with van der Waals surface area (Å²) in [5, 5.41) is 12.1. The molecule has 28 heavy (non-hydrogen) atoms. The Morgan fingerprint density at radius 3 is 2.71 bits per heavy atom. The summed E-state index contributed by atoms with van der Waals surface area (Å²) in [7, 11) is 1.60. The molecule has 0 aromatic heterocycles. The van der Waals surface area contributed by atoms with Gasteiger partial charge in [0.25, 0.3) is 0 Å². The normalized spacial score (nSPS) is 17.8. The number of aromatic carboxylic acids is 1. The number of benzene rings is 2. The van der Waals surface area contributed by atoms with Gasteiger partial charge in [-0.3, -0.25) is 14.5 Å². The Labute approximate surface area is 170 Å². The lowest BCUT2D eigenvalue weighted by molar-refractivity contribution is -0.127. The summed E-state index contributed by atoms with van der Waals surface area (Å²) < 4.78 is 0. The third-order valence-corrected chi connectivity index (χ3v) is 5.40. The van der Waals surface area contributed by atoms with Crippen molar-refractivity contribution < 1.29 is 19.5 Å². The molecule has 0 bridgehead atoms. The molecular formula is C19H16ClN3O4S. The summed E-state index contributed by atoms with van der Waals surface area (Å²) >= 11 is 7.16. The van der Waals surface area contributed by atoms with E-state index in [1.807, 2.05) is 0 Å². The van der Waals surface area contributed by atoms with Crippen LogP contribution in [0.4, 0.5) is 11.4 Å². The van der Waals surface area contributed by atoms with Gasteiger partial charge in [0.15, 0.2) is 5.17 Å². The molecule has 144 valence electrons. The van der Waals surface area contributed by atoms with Gasteiger partial charge < -0.3 is 10.4 Å². The van der Waals surface area contributed by atoms with Crippen molar-refractivity contribution in [2.75, 3.05) is 12.4 Å². The number of nitrogens with zero attached hydrogens (tertiary/aromatic N) is 2. The van der Waals surface area contributed by atoms with E-state index in [9.17, 15) is 14.4 Å². The fourth-order valence-electron chi connectivity index (χ4n) is 2.56. The number of thioether (sulfide) groups is 1. The minimum absolute atomic E-state index is 0.0558. The predicted octanol–water partition coefficient (Wildman–Crippen LogP) is 3.63. The van der Waals surface area contributed by atoms with Gasteiger partial charge in [-0.2, -0.15) is 0 Å². The Kier molecular flexibility index (Phi) is 6.01. The Morgan fingerprint density at radius 2 is 2.00 bits per heavy atom. The van der Waals surface area contributed by atoms with Crippen LogP contribution in [0.25, 0.3) is 0 Å². The average molecular weight is 418 g/mol. The minimum atomic E-state index is -1.08. The van der Waals surface area contributed by atoms with E-state index in [-0.39, 0.29) is 23.8 Å². The van der Waals surface area contributed by atoms with Crippen LogP contribution in [0.5, 0.6) is 0 Å². The smallest absolute Gasteiger partial charge is 0.335 e. The van der Waals surface area contributed by atoms with E-state index in [1.165, 1.54) is 34.9 Å². The van der Waals surface area contributed by atoms with E-state index in [1.54, 1.807) is 37.4 Å². The Morgan fingerprint density at radius 1 is 1.25 bits per heavy atom. The van der Waals surface area contributed by atoms with Gasteiger partial charge in [-0.1, -0.05) is 35.5 Å². The average Bonchev–Trinajstić information content (AvgIpc) is 2.90. The molecule has 1 aliphatic rings. The molecule has 1 atom stereocenters. The molecule has 0 aliphatic carbocycles. The van der Waals surface area contributed by atoms with E-state index in [4.69, 9.17) is 16.7 Å². The molecule has 1 saturated heterocycles. The van der Waals surface area contributed by atoms with E-state index >= 15 is 0 Å². The Balaban J connectivity index is 1.67. The zero-order valence-corrected chi connectivity index (χ0v) is 16.3. The number of carboxylic acids is 1. The van der Waals surface area contributed by atoms with Crippen molar-refractivity contribution >= 4 is 57.7 Å². The van der Waals surface area contributed by atoms with Crippen LogP contribution in [0.3, 0.4) is 0 Å². The SMILES string of the molecule is CN1C(=O)C(CC(=O)Nc2cccc(C(=O)O)c2)SC1=Nc1cccc(Cl)c1. The second-order valence-corrected chi connectivity index (χ2v) is 7.62. The summed E-state index contributed by atoms with van der Waals surface area (Å²) in [6, 6.07) is 12.9. The molecule has 1 unspecified atom stereocenters. The zero-order valence-electron chi connectivity index (χ0n) is 14.8. The minimum Gasteiger partial charge on any atom is -0.478 e. The second-order valence-electron chi connectivity index (χ2n) is 6.02. The van der Waals surface area contributed by atoms with Gasteiger partial charge in [0.05, 0.1) is 11.3 Å². The molecule has 9 heteroatoms. The molecule has 2 N–H and O–H groups in total. The van der Waals surface area contributed by atoms with Crippen molar-refractivity contribution in [2.24, 2.45) is 4.99 Å². The first-order valence-electron chi connectivity index (χ1n) is 8.25. The molecule has 1 heterocycles. The molecule has 2 aromatic rings. The Hall–Kier alpha value is -2.84. The first kappa shape index (κ1) is 19.9. The number of hydrogen-bond acceptors (Lipinski definition) is 5. The van der Waals surface area contributed by atoms with Gasteiger partial charge in [0.1, 0.15) is 5.25 Å². The van der Waals surface area contributed by atoms with Gasteiger partial charge >= 0.3 is 5.97 Å². The molecule has 2 amide bonds. The van der Waals surface area contributed by atoms with Crippen LogP contribution in [0.2, 0.25) is 5.02 Å². The fourth-order valence-corrected chi connectivity index (χ4v) is 3.90. The first-order valence-corrected chi connectivity index (χ1v) is 9.51. The monoisotopic (exact) mass is 417 g/mol. The van der Waals surface area contributed by atoms with E-state index < -0.39 is 11.2 Å². The van der Waals surface area contributed by atoms with Crippen LogP contribution in [0.15, 0.2) is 53.5 Å². The fraction of sp³-hybridized carbons (Fsp3) is 0.158. The third-order valence-electron chi connectivity index (χ3n) is 3.94. The molecule has 3 rings (SSSR count). The number of hydrogen-bond donors (Lipinski definition) is 2.